The smallest absolute Gasteiger partial charge is 0.269 e. The predicted molar refractivity (Wildman–Crippen MR) is 87.0 cm³/mol. The fourth-order valence-corrected chi connectivity index (χ4v) is 1.45. The zero-order valence-corrected chi connectivity index (χ0v) is 13.4. The molecule has 6 nitrogen and oxygen atoms in total. The average molecular weight is 378 g/mol. The van der Waals surface area contributed by atoms with Crippen LogP contribution in [0, 0.1) is 10.1 Å². The van der Waals surface area contributed by atoms with Crippen molar-refractivity contribution >= 4 is 35.6 Å². The number of guanidine groups is 1. The molecule has 0 atom stereocenters. The molecule has 0 aliphatic heterocycles. The number of hydrogen-bond donors (Lipinski definition) is 2. The Kier molecular flexibility index (Phi) is 8.84. The second-order valence-electron chi connectivity index (χ2n) is 3.65. The van der Waals surface area contributed by atoms with E-state index >= 15 is 0 Å². The maximum Gasteiger partial charge on any atom is 0.269 e. The van der Waals surface area contributed by atoms with Crippen LogP contribution in [0.2, 0.25) is 0 Å². The Labute approximate surface area is 129 Å². The molecule has 0 aliphatic carbocycles. The van der Waals surface area contributed by atoms with Crippen LogP contribution in [-0.2, 0) is 6.54 Å². The van der Waals surface area contributed by atoms with Gasteiger partial charge >= 0.3 is 0 Å². The van der Waals surface area contributed by atoms with Gasteiger partial charge in [-0.25, -0.2) is 4.99 Å². The van der Waals surface area contributed by atoms with Gasteiger partial charge in [0, 0.05) is 25.2 Å². The molecule has 0 heterocycles. The highest BCUT2D eigenvalue weighted by molar-refractivity contribution is 14.0. The summed E-state index contributed by atoms with van der Waals surface area (Å²) in [6.45, 7) is 5.94. The Morgan fingerprint density at radius 1 is 1.32 bits per heavy atom. The molecule has 0 saturated carbocycles. The van der Waals surface area contributed by atoms with Crippen molar-refractivity contribution in [2.24, 2.45) is 4.99 Å². The lowest BCUT2D eigenvalue weighted by Gasteiger charge is -2.08. The van der Waals surface area contributed by atoms with E-state index < -0.39 is 4.92 Å². The molecule has 0 aromatic heterocycles. The molecule has 1 rings (SSSR count). The average Bonchev–Trinajstić information content (AvgIpc) is 2.37. The third-order valence-electron chi connectivity index (χ3n) is 2.23. The van der Waals surface area contributed by atoms with Gasteiger partial charge in [-0.05, 0) is 19.4 Å². The second kappa shape index (κ2) is 9.54. The molecule has 106 valence electrons. The van der Waals surface area contributed by atoms with Gasteiger partial charge in [-0.2, -0.15) is 0 Å². The van der Waals surface area contributed by atoms with Gasteiger partial charge < -0.3 is 10.6 Å². The fourth-order valence-electron chi connectivity index (χ4n) is 1.45. The summed E-state index contributed by atoms with van der Waals surface area (Å²) in [6.07, 6.45) is 0. The molecule has 19 heavy (non-hydrogen) atoms. The largest absolute Gasteiger partial charge is 0.357 e. The SMILES string of the molecule is CCNC(=NCc1cccc([N+](=O)[O-])c1)NCC.I. The minimum absolute atomic E-state index is 0. The van der Waals surface area contributed by atoms with Crippen LogP contribution < -0.4 is 10.6 Å². The Morgan fingerprint density at radius 3 is 2.47 bits per heavy atom. The lowest BCUT2D eigenvalue weighted by molar-refractivity contribution is -0.384. The molecule has 0 unspecified atom stereocenters. The van der Waals surface area contributed by atoms with Gasteiger partial charge in [0.05, 0.1) is 11.5 Å². The van der Waals surface area contributed by atoms with Crippen molar-refractivity contribution in [1.82, 2.24) is 10.6 Å². The van der Waals surface area contributed by atoms with Gasteiger partial charge in [-0.3, -0.25) is 10.1 Å². The number of nitrogens with zero attached hydrogens (tertiary/aromatic N) is 2. The molecule has 0 aliphatic rings. The normalized spacial score (nSPS) is 9.16. The Hall–Kier alpha value is -1.38. The van der Waals surface area contributed by atoms with Crippen LogP contribution in [0.25, 0.3) is 0 Å². The van der Waals surface area contributed by atoms with E-state index in [0.29, 0.717) is 12.5 Å². The number of nitrogens with one attached hydrogen (secondary N) is 2. The molecule has 0 saturated heterocycles. The molecule has 2 N–H and O–H groups in total. The summed E-state index contributed by atoms with van der Waals surface area (Å²) in [4.78, 5) is 14.6. The van der Waals surface area contributed by atoms with E-state index in [2.05, 4.69) is 15.6 Å². The minimum Gasteiger partial charge on any atom is -0.357 e. The molecular weight excluding hydrogens is 359 g/mol. The first-order valence-electron chi connectivity index (χ1n) is 5.92. The van der Waals surface area contributed by atoms with Crippen LogP contribution in [0.4, 0.5) is 5.69 Å². The number of rotatable bonds is 5. The summed E-state index contributed by atoms with van der Waals surface area (Å²) in [5.74, 6) is 0.714. The molecule has 1 aromatic rings. The molecule has 0 spiro atoms. The standard InChI is InChI=1S/C12H18N4O2.HI/c1-3-13-12(14-4-2)15-9-10-6-5-7-11(8-10)16(17)18;/h5-8H,3-4,9H2,1-2H3,(H2,13,14,15);1H. The Bertz CT molecular complexity index is 429. The second-order valence-corrected chi connectivity index (χ2v) is 3.65. The third kappa shape index (κ3) is 6.37. The van der Waals surface area contributed by atoms with Crippen LogP contribution in [0.5, 0.6) is 0 Å². The minimum atomic E-state index is -0.400. The van der Waals surface area contributed by atoms with E-state index in [4.69, 9.17) is 0 Å². The molecule has 0 radical (unpaired) electrons. The topological polar surface area (TPSA) is 79.6 Å². The van der Waals surface area contributed by atoms with Gasteiger partial charge in [0.2, 0.25) is 0 Å². The van der Waals surface area contributed by atoms with Gasteiger partial charge in [-0.15, -0.1) is 24.0 Å². The maximum atomic E-state index is 10.6. The first-order chi connectivity index (χ1) is 8.67. The van der Waals surface area contributed by atoms with Gasteiger partial charge in [-0.1, -0.05) is 12.1 Å². The summed E-state index contributed by atoms with van der Waals surface area (Å²) in [5.41, 5.74) is 0.911. The number of nitro benzene ring substituents is 1. The zero-order chi connectivity index (χ0) is 13.4. The van der Waals surface area contributed by atoms with E-state index in [1.807, 2.05) is 19.9 Å². The van der Waals surface area contributed by atoms with E-state index in [9.17, 15) is 10.1 Å². The summed E-state index contributed by atoms with van der Waals surface area (Å²) < 4.78 is 0. The number of benzene rings is 1. The van der Waals surface area contributed by atoms with Crippen molar-refractivity contribution in [3.8, 4) is 0 Å². The lowest BCUT2D eigenvalue weighted by atomic mass is 10.2. The number of aliphatic imine (C=N–C) groups is 1. The molecule has 1 aromatic carbocycles. The summed E-state index contributed by atoms with van der Waals surface area (Å²) in [5, 5.41) is 16.8. The van der Waals surface area contributed by atoms with Crippen LogP contribution >= 0.6 is 24.0 Å². The van der Waals surface area contributed by atoms with Gasteiger partial charge in [0.15, 0.2) is 5.96 Å². The Balaban J connectivity index is 0.00000324. The van der Waals surface area contributed by atoms with Crippen LogP contribution in [0.3, 0.4) is 0 Å². The van der Waals surface area contributed by atoms with Gasteiger partial charge in [0.1, 0.15) is 0 Å². The molecule has 7 heteroatoms. The highest BCUT2D eigenvalue weighted by Gasteiger charge is 2.05. The summed E-state index contributed by atoms with van der Waals surface area (Å²) in [6, 6.07) is 6.51. The van der Waals surface area contributed by atoms with Crippen LogP contribution in [0.15, 0.2) is 29.3 Å². The van der Waals surface area contributed by atoms with Crippen molar-refractivity contribution in [1.29, 1.82) is 0 Å². The first-order valence-corrected chi connectivity index (χ1v) is 5.92. The number of non-ortho nitro benzene ring substituents is 1. The van der Waals surface area contributed by atoms with E-state index in [0.717, 1.165) is 18.7 Å². The summed E-state index contributed by atoms with van der Waals surface area (Å²) >= 11 is 0. The van der Waals surface area contributed by atoms with Crippen molar-refractivity contribution in [2.75, 3.05) is 13.1 Å². The van der Waals surface area contributed by atoms with Gasteiger partial charge in [0.25, 0.3) is 5.69 Å². The van der Waals surface area contributed by atoms with Crippen LogP contribution in [0.1, 0.15) is 19.4 Å². The number of hydrogen-bond acceptors (Lipinski definition) is 3. The molecule has 0 bridgehead atoms. The lowest BCUT2D eigenvalue weighted by Crippen LogP contribution is -2.36. The zero-order valence-electron chi connectivity index (χ0n) is 11.0. The number of nitro groups is 1. The van der Waals surface area contributed by atoms with Crippen LogP contribution in [-0.4, -0.2) is 24.0 Å². The quantitative estimate of drug-likeness (QED) is 0.271. The highest BCUT2D eigenvalue weighted by Crippen LogP contribution is 2.13. The van der Waals surface area contributed by atoms with Crippen molar-refractivity contribution in [3.63, 3.8) is 0 Å². The summed E-state index contributed by atoms with van der Waals surface area (Å²) in [7, 11) is 0. The van der Waals surface area contributed by atoms with E-state index in [-0.39, 0.29) is 29.7 Å². The molecule has 0 amide bonds. The van der Waals surface area contributed by atoms with E-state index in [1.165, 1.54) is 6.07 Å². The van der Waals surface area contributed by atoms with E-state index in [1.54, 1.807) is 12.1 Å². The van der Waals surface area contributed by atoms with Crippen molar-refractivity contribution < 1.29 is 4.92 Å². The maximum absolute atomic E-state index is 10.6. The molecule has 0 fully saturated rings. The first kappa shape index (κ1) is 17.6. The number of halogens is 1. The third-order valence-corrected chi connectivity index (χ3v) is 2.23. The van der Waals surface area contributed by atoms with Crippen molar-refractivity contribution in [2.45, 2.75) is 20.4 Å². The van der Waals surface area contributed by atoms with Crippen molar-refractivity contribution in [3.05, 3.63) is 39.9 Å². The monoisotopic (exact) mass is 378 g/mol. The predicted octanol–water partition coefficient (Wildman–Crippen LogP) is 2.29. The fraction of sp³-hybridized carbons (Fsp3) is 0.417. The highest BCUT2D eigenvalue weighted by atomic mass is 127. The molecular formula is C12H19IN4O2. The Morgan fingerprint density at radius 2 is 1.95 bits per heavy atom.